The van der Waals surface area contributed by atoms with Crippen molar-refractivity contribution in [2.24, 2.45) is 16.6 Å². The van der Waals surface area contributed by atoms with Crippen LogP contribution in [0.5, 0.6) is 0 Å². The molecule has 0 spiro atoms. The van der Waals surface area contributed by atoms with E-state index in [-0.39, 0.29) is 5.91 Å². The molecule has 0 radical (unpaired) electrons. The molecule has 2 aliphatic rings. The zero-order valence-corrected chi connectivity index (χ0v) is 7.70. The summed E-state index contributed by atoms with van der Waals surface area (Å²) in [4.78, 5) is 17.8. The van der Waals surface area contributed by atoms with E-state index in [0.717, 1.165) is 38.2 Å². The van der Waals surface area contributed by atoms with Gasteiger partial charge in [-0.2, -0.15) is 0 Å². The van der Waals surface area contributed by atoms with Crippen LogP contribution in [-0.2, 0) is 4.79 Å². The number of amides is 1. The lowest BCUT2D eigenvalue weighted by molar-refractivity contribution is -0.128. The second-order valence-corrected chi connectivity index (χ2v) is 3.60. The average Bonchev–Trinajstić information content (AvgIpc) is 2.87. The Morgan fingerprint density at radius 1 is 1.62 bits per heavy atom. The van der Waals surface area contributed by atoms with E-state index < -0.39 is 0 Å². The first-order chi connectivity index (χ1) is 6.33. The van der Waals surface area contributed by atoms with Crippen LogP contribution in [0.4, 0.5) is 0 Å². The molecule has 13 heavy (non-hydrogen) atoms. The molecule has 0 aromatic heterocycles. The minimum atomic E-state index is 0.268. The Kier molecular flexibility index (Phi) is 2.31. The third-order valence-electron chi connectivity index (χ3n) is 2.49. The minimum Gasteiger partial charge on any atom is -0.330 e. The van der Waals surface area contributed by atoms with E-state index in [1.54, 1.807) is 0 Å². The highest BCUT2D eigenvalue weighted by Crippen LogP contribution is 2.31. The van der Waals surface area contributed by atoms with Crippen molar-refractivity contribution in [2.75, 3.05) is 19.6 Å². The maximum Gasteiger partial charge on any atom is 0.231 e. The number of nitrogens with zero attached hydrogens (tertiary/aromatic N) is 2. The van der Waals surface area contributed by atoms with Crippen LogP contribution in [0.15, 0.2) is 4.99 Å². The monoisotopic (exact) mass is 181 g/mol. The van der Waals surface area contributed by atoms with Crippen LogP contribution in [-0.4, -0.2) is 36.3 Å². The quantitative estimate of drug-likeness (QED) is 0.665. The summed E-state index contributed by atoms with van der Waals surface area (Å²) in [6.07, 6.45) is 2.86. The summed E-state index contributed by atoms with van der Waals surface area (Å²) >= 11 is 0. The highest BCUT2D eigenvalue weighted by Gasteiger charge is 2.35. The Morgan fingerprint density at radius 3 is 3.00 bits per heavy atom. The fraction of sp³-hybridized carbons (Fsp3) is 0.778. The van der Waals surface area contributed by atoms with Crippen molar-refractivity contribution in [3.8, 4) is 0 Å². The Hall–Kier alpha value is -0.900. The summed E-state index contributed by atoms with van der Waals surface area (Å²) in [5.74, 6) is 1.46. The van der Waals surface area contributed by atoms with Gasteiger partial charge in [0, 0.05) is 18.9 Å². The normalized spacial score (nSPS) is 21.9. The van der Waals surface area contributed by atoms with E-state index in [4.69, 9.17) is 5.73 Å². The van der Waals surface area contributed by atoms with Crippen molar-refractivity contribution in [3.63, 3.8) is 0 Å². The van der Waals surface area contributed by atoms with Gasteiger partial charge in [0.05, 0.1) is 6.54 Å². The topological polar surface area (TPSA) is 58.7 Å². The van der Waals surface area contributed by atoms with Crippen LogP contribution >= 0.6 is 0 Å². The van der Waals surface area contributed by atoms with Gasteiger partial charge in [-0.1, -0.05) is 0 Å². The van der Waals surface area contributed by atoms with Crippen LogP contribution in [0.2, 0.25) is 0 Å². The second kappa shape index (κ2) is 3.46. The van der Waals surface area contributed by atoms with E-state index in [2.05, 4.69) is 4.99 Å². The average molecular weight is 181 g/mol. The molecule has 0 unspecified atom stereocenters. The first-order valence-electron chi connectivity index (χ1n) is 4.87. The maximum atomic E-state index is 11.7. The fourth-order valence-corrected chi connectivity index (χ4v) is 1.62. The number of amidine groups is 1. The molecule has 1 saturated carbocycles. The van der Waals surface area contributed by atoms with E-state index in [0.29, 0.717) is 12.5 Å². The first-order valence-corrected chi connectivity index (χ1v) is 4.87. The predicted octanol–water partition coefficient (Wildman–Crippen LogP) is -0.0141. The Bertz CT molecular complexity index is 245. The summed E-state index contributed by atoms with van der Waals surface area (Å²) in [6.45, 7) is 2.10. The standard InChI is InChI=1S/C9H15N3O/c10-4-3-8-11-5-6-12(8)9(13)7-1-2-7/h7H,1-6,10H2. The van der Waals surface area contributed by atoms with E-state index in [1.807, 2.05) is 4.90 Å². The molecule has 4 heteroatoms. The van der Waals surface area contributed by atoms with Crippen LogP contribution in [0.3, 0.4) is 0 Å². The van der Waals surface area contributed by atoms with Crippen LogP contribution in [0, 0.1) is 5.92 Å². The third kappa shape index (κ3) is 1.72. The number of nitrogens with two attached hydrogens (primary N) is 1. The molecule has 1 fully saturated rings. The van der Waals surface area contributed by atoms with Crippen LogP contribution in [0.25, 0.3) is 0 Å². The number of carbonyl (C=O) groups is 1. The van der Waals surface area contributed by atoms with E-state index in [9.17, 15) is 4.79 Å². The molecule has 4 nitrogen and oxygen atoms in total. The zero-order chi connectivity index (χ0) is 9.26. The number of hydrogen-bond acceptors (Lipinski definition) is 3. The molecule has 0 aromatic carbocycles. The molecule has 0 atom stereocenters. The summed E-state index contributed by atoms with van der Waals surface area (Å²) in [6, 6.07) is 0. The van der Waals surface area contributed by atoms with Gasteiger partial charge in [-0.3, -0.25) is 14.7 Å². The highest BCUT2D eigenvalue weighted by molar-refractivity contribution is 6.01. The Morgan fingerprint density at radius 2 is 2.38 bits per heavy atom. The summed E-state index contributed by atoms with van der Waals surface area (Å²) in [7, 11) is 0. The lowest BCUT2D eigenvalue weighted by Crippen LogP contribution is -2.36. The van der Waals surface area contributed by atoms with Gasteiger partial charge in [0.15, 0.2) is 0 Å². The second-order valence-electron chi connectivity index (χ2n) is 3.60. The SMILES string of the molecule is NCCC1=NCCN1C(=O)C1CC1. The largest absolute Gasteiger partial charge is 0.330 e. The third-order valence-corrected chi connectivity index (χ3v) is 2.49. The van der Waals surface area contributed by atoms with E-state index in [1.165, 1.54) is 0 Å². The lowest BCUT2D eigenvalue weighted by Gasteiger charge is -2.17. The van der Waals surface area contributed by atoms with Crippen molar-refractivity contribution in [2.45, 2.75) is 19.3 Å². The van der Waals surface area contributed by atoms with Crippen LogP contribution in [0.1, 0.15) is 19.3 Å². The number of rotatable bonds is 3. The van der Waals surface area contributed by atoms with Gasteiger partial charge in [-0.05, 0) is 19.4 Å². The van der Waals surface area contributed by atoms with Gasteiger partial charge in [0.2, 0.25) is 5.91 Å². The first kappa shape index (κ1) is 8.69. The molecule has 1 heterocycles. The molecule has 1 amide bonds. The number of carbonyl (C=O) groups excluding carboxylic acids is 1. The molecule has 1 aliphatic heterocycles. The van der Waals surface area contributed by atoms with Crippen molar-refractivity contribution in [1.29, 1.82) is 0 Å². The molecule has 0 saturated heterocycles. The minimum absolute atomic E-state index is 0.268. The summed E-state index contributed by atoms with van der Waals surface area (Å²) in [5.41, 5.74) is 5.44. The van der Waals surface area contributed by atoms with Crippen molar-refractivity contribution < 1.29 is 4.79 Å². The molecule has 72 valence electrons. The fourth-order valence-electron chi connectivity index (χ4n) is 1.62. The molecule has 2 rings (SSSR count). The number of aliphatic imine (C=N–C) groups is 1. The zero-order valence-electron chi connectivity index (χ0n) is 7.70. The predicted molar refractivity (Wildman–Crippen MR) is 50.4 cm³/mol. The van der Waals surface area contributed by atoms with Crippen LogP contribution < -0.4 is 5.73 Å². The van der Waals surface area contributed by atoms with Gasteiger partial charge < -0.3 is 5.73 Å². The Labute approximate surface area is 77.8 Å². The molecule has 2 N–H and O–H groups in total. The number of hydrogen-bond donors (Lipinski definition) is 1. The highest BCUT2D eigenvalue weighted by atomic mass is 16.2. The van der Waals surface area contributed by atoms with E-state index >= 15 is 0 Å². The lowest BCUT2D eigenvalue weighted by atomic mass is 10.3. The van der Waals surface area contributed by atoms with Crippen molar-refractivity contribution in [3.05, 3.63) is 0 Å². The summed E-state index contributed by atoms with van der Waals surface area (Å²) in [5, 5.41) is 0. The van der Waals surface area contributed by atoms with Gasteiger partial charge in [-0.15, -0.1) is 0 Å². The molecular weight excluding hydrogens is 166 g/mol. The molecule has 0 bridgehead atoms. The molecule has 1 aliphatic carbocycles. The Balaban J connectivity index is 1.97. The van der Waals surface area contributed by atoms with Gasteiger partial charge in [-0.25, -0.2) is 0 Å². The van der Waals surface area contributed by atoms with Crippen molar-refractivity contribution >= 4 is 11.7 Å². The van der Waals surface area contributed by atoms with Crippen molar-refractivity contribution in [1.82, 2.24) is 4.90 Å². The molecular formula is C9H15N3O. The summed E-state index contributed by atoms with van der Waals surface area (Å²) < 4.78 is 0. The van der Waals surface area contributed by atoms with Gasteiger partial charge in [0.1, 0.15) is 5.84 Å². The smallest absolute Gasteiger partial charge is 0.231 e. The van der Waals surface area contributed by atoms with Gasteiger partial charge in [0.25, 0.3) is 0 Å². The molecule has 0 aromatic rings. The maximum absolute atomic E-state index is 11.7. The van der Waals surface area contributed by atoms with Gasteiger partial charge >= 0.3 is 0 Å².